The van der Waals surface area contributed by atoms with Gasteiger partial charge in [0.2, 0.25) is 5.91 Å². The van der Waals surface area contributed by atoms with Crippen molar-refractivity contribution in [1.82, 2.24) is 15.1 Å². The molecule has 3 amide bonds. The number of rotatable bonds is 5. The number of benzene rings is 2. The summed E-state index contributed by atoms with van der Waals surface area (Å²) in [7, 11) is 0. The Hall–Kier alpha value is -3.51. The highest BCUT2D eigenvalue weighted by Gasteiger charge is 2.44. The molecule has 3 fully saturated rings. The van der Waals surface area contributed by atoms with E-state index in [-0.39, 0.29) is 31.0 Å². The van der Waals surface area contributed by atoms with Gasteiger partial charge in [0.15, 0.2) is 6.10 Å². The Balaban J connectivity index is 1.18. The number of piperidine rings is 3. The Morgan fingerprint density at radius 1 is 1.00 bits per heavy atom. The fourth-order valence-electron chi connectivity index (χ4n) is 7.90. The minimum atomic E-state index is -4.88. The maximum Gasteiger partial charge on any atom is 0.420 e. The normalized spacial score (nSPS) is 21.2. The predicted molar refractivity (Wildman–Crippen MR) is 169 cm³/mol. The molecule has 4 heterocycles. The van der Waals surface area contributed by atoms with E-state index in [4.69, 9.17) is 16.3 Å². The number of hydrogen-bond acceptors (Lipinski definition) is 6. The van der Waals surface area contributed by atoms with E-state index >= 15 is 0 Å². The van der Waals surface area contributed by atoms with Crippen LogP contribution in [-0.4, -0.2) is 78.2 Å². The number of hydrogen-bond donors (Lipinski definition) is 3. The van der Waals surface area contributed by atoms with Gasteiger partial charge >= 0.3 is 12.3 Å². The van der Waals surface area contributed by atoms with Crippen molar-refractivity contribution in [1.29, 1.82) is 0 Å². The Kier molecular flexibility index (Phi) is 9.62. The zero-order chi connectivity index (χ0) is 33.3. The summed E-state index contributed by atoms with van der Waals surface area (Å²) in [5.74, 6) is -0.568. The van der Waals surface area contributed by atoms with Gasteiger partial charge in [-0.25, -0.2) is 4.79 Å². The predicted octanol–water partition coefficient (Wildman–Crippen LogP) is 5.73. The van der Waals surface area contributed by atoms with E-state index in [9.17, 15) is 32.7 Å². The topological polar surface area (TPSA) is 111 Å². The quantitative estimate of drug-likeness (QED) is 0.374. The molecule has 0 saturated carbocycles. The van der Waals surface area contributed by atoms with Crippen molar-refractivity contribution < 1.29 is 37.4 Å². The number of nitrogens with zero attached hydrogens (tertiary/aromatic N) is 2. The smallest absolute Gasteiger partial charge is 0.420 e. The van der Waals surface area contributed by atoms with E-state index in [1.54, 1.807) is 4.90 Å². The van der Waals surface area contributed by atoms with Crippen LogP contribution in [0.2, 0.25) is 5.02 Å². The van der Waals surface area contributed by atoms with Crippen LogP contribution >= 0.6 is 11.6 Å². The third-order valence-electron chi connectivity index (χ3n) is 10.5. The maximum atomic E-state index is 13.9. The van der Waals surface area contributed by atoms with Gasteiger partial charge in [-0.1, -0.05) is 29.8 Å². The SMILES string of the molecule is O=C1CC2(CCN(C(=O)O[C@H](Cc3cc(Cl)c(O)c(C(F)(F)F)c3)C(=O)N3CCC(C4CCNCC4)CC3)CC2)c2ccccc2N1. The molecule has 3 N–H and O–H groups in total. The molecule has 3 saturated heterocycles. The summed E-state index contributed by atoms with van der Waals surface area (Å²) in [4.78, 5) is 43.2. The van der Waals surface area contributed by atoms with Crippen molar-refractivity contribution in [2.24, 2.45) is 11.8 Å². The Labute approximate surface area is 276 Å². The summed E-state index contributed by atoms with van der Waals surface area (Å²) >= 11 is 5.98. The molecule has 0 aliphatic carbocycles. The van der Waals surface area contributed by atoms with Gasteiger partial charge in [0.1, 0.15) is 5.75 Å². The van der Waals surface area contributed by atoms with Crippen LogP contribution in [0.25, 0.3) is 0 Å². The van der Waals surface area contributed by atoms with Gasteiger partial charge in [-0.05, 0) is 92.8 Å². The number of alkyl halides is 3. The molecule has 0 unspecified atom stereocenters. The number of anilines is 1. The zero-order valence-electron chi connectivity index (χ0n) is 26.1. The van der Waals surface area contributed by atoms with Crippen LogP contribution in [0.1, 0.15) is 61.6 Å². The van der Waals surface area contributed by atoms with Gasteiger partial charge in [0, 0.05) is 50.1 Å². The first-order chi connectivity index (χ1) is 22.4. The largest absolute Gasteiger partial charge is 0.506 e. The first-order valence-electron chi connectivity index (χ1n) is 16.4. The summed E-state index contributed by atoms with van der Waals surface area (Å²) in [6.07, 6.45) is -2.23. The summed E-state index contributed by atoms with van der Waals surface area (Å²) in [6.45, 7) is 3.47. The highest BCUT2D eigenvalue weighted by atomic mass is 35.5. The molecule has 0 aromatic heterocycles. The van der Waals surface area contributed by atoms with E-state index < -0.39 is 46.0 Å². The molecule has 2 aromatic carbocycles. The molecular formula is C34H40ClF3N4O5. The number of para-hydroxylation sites is 1. The van der Waals surface area contributed by atoms with E-state index in [1.165, 1.54) is 11.0 Å². The van der Waals surface area contributed by atoms with E-state index in [0.717, 1.165) is 56.1 Å². The van der Waals surface area contributed by atoms with Crippen LogP contribution in [0.5, 0.6) is 5.75 Å². The lowest BCUT2D eigenvalue weighted by molar-refractivity contribution is -0.142. The van der Waals surface area contributed by atoms with Crippen molar-refractivity contribution in [2.45, 2.75) is 69.1 Å². The lowest BCUT2D eigenvalue weighted by Crippen LogP contribution is -2.51. The third-order valence-corrected chi connectivity index (χ3v) is 10.8. The van der Waals surface area contributed by atoms with E-state index in [0.29, 0.717) is 44.2 Å². The Morgan fingerprint density at radius 3 is 2.34 bits per heavy atom. The Morgan fingerprint density at radius 2 is 1.66 bits per heavy atom. The summed E-state index contributed by atoms with van der Waals surface area (Å²) in [5, 5.41) is 15.8. The van der Waals surface area contributed by atoms with Gasteiger partial charge in [-0.2, -0.15) is 13.2 Å². The molecule has 4 aliphatic rings. The lowest BCUT2D eigenvalue weighted by Gasteiger charge is -2.44. The summed E-state index contributed by atoms with van der Waals surface area (Å²) < 4.78 is 46.9. The number of halogens is 4. The first-order valence-corrected chi connectivity index (χ1v) is 16.7. The highest BCUT2D eigenvalue weighted by Crippen LogP contribution is 2.45. The molecule has 0 bridgehead atoms. The van der Waals surface area contributed by atoms with Crippen molar-refractivity contribution >= 4 is 35.2 Å². The summed E-state index contributed by atoms with van der Waals surface area (Å²) in [5.41, 5.74) is 0.0515. The molecule has 4 aliphatic heterocycles. The standard InChI is InChI=1S/C34H40ClF3N4O5/c35-26-18-21(17-25(30(26)44)34(36,37)38)19-28(31(45)41-13-7-23(8-14-41)22-5-11-39-12-6-22)47-32(46)42-15-9-33(10-16-42)20-29(43)40-27-4-2-1-3-24(27)33/h1-4,17-18,22-23,28,39,44H,5-16,19-20H2,(H,40,43)/t28-/m1/s1. The number of carbonyl (C=O) groups is 3. The van der Waals surface area contributed by atoms with Crippen LogP contribution in [0.15, 0.2) is 36.4 Å². The number of ether oxygens (including phenoxy) is 1. The van der Waals surface area contributed by atoms with Crippen LogP contribution in [0.3, 0.4) is 0 Å². The van der Waals surface area contributed by atoms with Gasteiger partial charge in [-0.3, -0.25) is 9.59 Å². The highest BCUT2D eigenvalue weighted by molar-refractivity contribution is 6.32. The van der Waals surface area contributed by atoms with E-state index in [1.807, 2.05) is 24.3 Å². The van der Waals surface area contributed by atoms with Crippen LogP contribution in [0, 0.1) is 11.8 Å². The second-order valence-corrected chi connectivity index (χ2v) is 13.7. The first kappa shape index (κ1) is 33.4. The van der Waals surface area contributed by atoms with Gasteiger partial charge in [0.05, 0.1) is 10.6 Å². The van der Waals surface area contributed by atoms with Gasteiger partial charge in [0.25, 0.3) is 5.91 Å². The lowest BCUT2D eigenvalue weighted by atomic mass is 9.68. The summed E-state index contributed by atoms with van der Waals surface area (Å²) in [6, 6.07) is 9.54. The van der Waals surface area contributed by atoms with Crippen LogP contribution in [0.4, 0.5) is 23.7 Å². The van der Waals surface area contributed by atoms with E-state index in [2.05, 4.69) is 10.6 Å². The second kappa shape index (κ2) is 13.5. The zero-order valence-corrected chi connectivity index (χ0v) is 26.8. The average Bonchev–Trinajstić information content (AvgIpc) is 3.06. The number of fused-ring (bicyclic) bond motifs is 2. The average molecular weight is 677 g/mol. The number of nitrogens with one attached hydrogen (secondary N) is 2. The molecule has 0 radical (unpaired) electrons. The number of phenols is 1. The van der Waals surface area contributed by atoms with Crippen molar-refractivity contribution in [3.63, 3.8) is 0 Å². The van der Waals surface area contributed by atoms with Gasteiger partial charge < -0.3 is 30.3 Å². The maximum absolute atomic E-state index is 13.9. The van der Waals surface area contributed by atoms with Crippen molar-refractivity contribution in [3.8, 4) is 5.75 Å². The molecular weight excluding hydrogens is 637 g/mol. The number of likely N-dealkylation sites (tertiary alicyclic amines) is 2. The van der Waals surface area contributed by atoms with Crippen molar-refractivity contribution in [3.05, 3.63) is 58.1 Å². The minimum absolute atomic E-state index is 0.0123. The minimum Gasteiger partial charge on any atom is -0.506 e. The third kappa shape index (κ3) is 7.18. The second-order valence-electron chi connectivity index (χ2n) is 13.3. The Bertz CT molecular complexity index is 1500. The number of carbonyl (C=O) groups excluding carboxylic acids is 3. The van der Waals surface area contributed by atoms with Crippen molar-refractivity contribution in [2.75, 3.05) is 44.6 Å². The molecule has 6 rings (SSSR count). The van der Waals surface area contributed by atoms with Gasteiger partial charge in [-0.15, -0.1) is 0 Å². The molecule has 1 atom stereocenters. The molecule has 47 heavy (non-hydrogen) atoms. The molecule has 254 valence electrons. The molecule has 9 nitrogen and oxygen atoms in total. The molecule has 13 heteroatoms. The number of phenolic OH excluding ortho intramolecular Hbond substituents is 1. The number of amides is 3. The molecule has 2 aromatic rings. The van der Waals surface area contributed by atoms with Crippen LogP contribution < -0.4 is 10.6 Å². The van der Waals surface area contributed by atoms with Crippen LogP contribution in [-0.2, 0) is 32.3 Å². The fraction of sp³-hybridized carbons (Fsp3) is 0.559. The number of aromatic hydroxyl groups is 1. The molecule has 1 spiro atoms. The monoisotopic (exact) mass is 676 g/mol. The fourth-order valence-corrected chi connectivity index (χ4v) is 8.15.